The van der Waals surface area contributed by atoms with Crippen molar-refractivity contribution in [2.45, 2.75) is 26.1 Å². The van der Waals surface area contributed by atoms with Gasteiger partial charge in [0.25, 0.3) is 0 Å². The predicted molar refractivity (Wildman–Crippen MR) is 78.6 cm³/mol. The van der Waals surface area contributed by atoms with Crippen molar-refractivity contribution < 1.29 is 32.2 Å². The highest BCUT2D eigenvalue weighted by molar-refractivity contribution is 5.88. The topological polar surface area (TPSA) is 71.1 Å². The summed E-state index contributed by atoms with van der Waals surface area (Å²) in [4.78, 5) is 25.6. The fourth-order valence-electron chi connectivity index (χ4n) is 2.23. The van der Waals surface area contributed by atoms with Crippen molar-refractivity contribution in [3.05, 3.63) is 11.9 Å². The SMILES string of the molecule is COC(=O)NC(CN1CN(CC(F)(F)F)C=C1C(=O)OC)C(C)C. The van der Waals surface area contributed by atoms with Gasteiger partial charge in [0, 0.05) is 12.7 Å². The highest BCUT2D eigenvalue weighted by Crippen LogP contribution is 2.24. The third kappa shape index (κ3) is 5.82. The molecule has 0 aliphatic carbocycles. The second kappa shape index (κ2) is 8.11. The van der Waals surface area contributed by atoms with E-state index < -0.39 is 30.8 Å². The number of carbonyl (C=O) groups is 2. The van der Waals surface area contributed by atoms with Crippen LogP contribution in [0.4, 0.5) is 18.0 Å². The number of hydrogen-bond donors (Lipinski definition) is 1. The molecule has 0 spiro atoms. The minimum atomic E-state index is -4.39. The number of alkyl halides is 3. The lowest BCUT2D eigenvalue weighted by atomic mass is 10.0. The smallest absolute Gasteiger partial charge is 0.407 e. The van der Waals surface area contributed by atoms with Crippen LogP contribution in [-0.2, 0) is 14.3 Å². The predicted octanol–water partition coefficient (Wildman–Crippen LogP) is 1.52. The van der Waals surface area contributed by atoms with Gasteiger partial charge in [0.2, 0.25) is 0 Å². The van der Waals surface area contributed by atoms with Crippen LogP contribution in [0.1, 0.15) is 13.8 Å². The summed E-state index contributed by atoms with van der Waals surface area (Å²) in [6, 6.07) is -0.420. The number of nitrogens with one attached hydrogen (secondary N) is 1. The quantitative estimate of drug-likeness (QED) is 0.730. The minimum absolute atomic E-state index is 0.0130. The number of halogens is 3. The van der Waals surface area contributed by atoms with E-state index in [4.69, 9.17) is 0 Å². The Morgan fingerprint density at radius 3 is 2.38 bits per heavy atom. The van der Waals surface area contributed by atoms with E-state index in [1.807, 2.05) is 13.8 Å². The summed E-state index contributed by atoms with van der Waals surface area (Å²) < 4.78 is 46.9. The van der Waals surface area contributed by atoms with Gasteiger partial charge in [0.1, 0.15) is 12.2 Å². The number of nitrogens with zero attached hydrogens (tertiary/aromatic N) is 2. The maximum Gasteiger partial charge on any atom is 0.407 e. The van der Waals surface area contributed by atoms with Gasteiger partial charge < -0.3 is 24.6 Å². The number of methoxy groups -OCH3 is 2. The lowest BCUT2D eigenvalue weighted by Crippen LogP contribution is -2.47. The van der Waals surface area contributed by atoms with Gasteiger partial charge >= 0.3 is 18.2 Å². The molecule has 1 atom stereocenters. The second-order valence-electron chi connectivity index (χ2n) is 5.72. The Labute approximate surface area is 138 Å². The van der Waals surface area contributed by atoms with Crippen molar-refractivity contribution in [2.75, 3.05) is 34.0 Å². The first-order valence-electron chi connectivity index (χ1n) is 7.27. The molecule has 138 valence electrons. The standard InChI is InChI=1S/C14H22F3N3O4/c1-9(2)10(18-13(22)24-4)5-20-8-19(7-14(15,16)17)6-11(20)12(21)23-3/h6,9-10H,5,7-8H2,1-4H3,(H,18,22). The zero-order valence-electron chi connectivity index (χ0n) is 14.0. The van der Waals surface area contributed by atoms with Crippen LogP contribution in [0.25, 0.3) is 0 Å². The number of ether oxygens (including phenoxy) is 2. The van der Waals surface area contributed by atoms with Gasteiger partial charge in [-0.2, -0.15) is 13.2 Å². The van der Waals surface area contributed by atoms with E-state index >= 15 is 0 Å². The molecule has 0 bridgehead atoms. The van der Waals surface area contributed by atoms with Crippen LogP contribution in [0.5, 0.6) is 0 Å². The molecule has 7 nitrogen and oxygen atoms in total. The first-order valence-corrected chi connectivity index (χ1v) is 7.27. The van der Waals surface area contributed by atoms with E-state index in [2.05, 4.69) is 14.8 Å². The average Bonchev–Trinajstić information content (AvgIpc) is 2.85. The molecule has 0 radical (unpaired) electrons. The van der Waals surface area contributed by atoms with Crippen molar-refractivity contribution in [3.8, 4) is 0 Å². The molecule has 10 heteroatoms. The summed E-state index contributed by atoms with van der Waals surface area (Å²) in [5.74, 6) is -0.764. The van der Waals surface area contributed by atoms with Crippen LogP contribution in [0, 0.1) is 5.92 Å². The van der Waals surface area contributed by atoms with Crippen molar-refractivity contribution >= 4 is 12.1 Å². The van der Waals surface area contributed by atoms with E-state index in [0.29, 0.717) is 0 Å². The normalized spacial score (nSPS) is 16.1. The lowest BCUT2D eigenvalue weighted by molar-refractivity contribution is -0.141. The Morgan fingerprint density at radius 2 is 1.92 bits per heavy atom. The first kappa shape index (κ1) is 19.9. The number of rotatable bonds is 6. The second-order valence-corrected chi connectivity index (χ2v) is 5.72. The molecule has 1 aliphatic heterocycles. The van der Waals surface area contributed by atoms with Crippen LogP contribution in [-0.4, -0.2) is 68.1 Å². The largest absolute Gasteiger partial charge is 0.464 e. The summed E-state index contributed by atoms with van der Waals surface area (Å²) in [6.45, 7) is 2.51. The molecular weight excluding hydrogens is 331 g/mol. The van der Waals surface area contributed by atoms with Gasteiger partial charge in [0.15, 0.2) is 0 Å². The molecular formula is C14H22F3N3O4. The fourth-order valence-corrected chi connectivity index (χ4v) is 2.23. The molecule has 1 aliphatic rings. The van der Waals surface area contributed by atoms with Gasteiger partial charge in [-0.15, -0.1) is 0 Å². The summed E-state index contributed by atoms with van der Waals surface area (Å²) >= 11 is 0. The highest BCUT2D eigenvalue weighted by Gasteiger charge is 2.36. The fraction of sp³-hybridized carbons (Fsp3) is 0.714. The maximum absolute atomic E-state index is 12.6. The van der Waals surface area contributed by atoms with Gasteiger partial charge in [-0.3, -0.25) is 0 Å². The van der Waals surface area contributed by atoms with Crippen molar-refractivity contribution in [3.63, 3.8) is 0 Å². The Morgan fingerprint density at radius 1 is 1.29 bits per heavy atom. The van der Waals surface area contributed by atoms with Crippen molar-refractivity contribution in [1.29, 1.82) is 0 Å². The number of carbonyl (C=O) groups excluding carboxylic acids is 2. The number of hydrogen-bond acceptors (Lipinski definition) is 6. The molecule has 0 aromatic heterocycles. The van der Waals surface area contributed by atoms with Gasteiger partial charge in [-0.1, -0.05) is 13.8 Å². The van der Waals surface area contributed by atoms with Crippen LogP contribution in [0.3, 0.4) is 0 Å². The zero-order valence-corrected chi connectivity index (χ0v) is 14.0. The van der Waals surface area contributed by atoms with Gasteiger partial charge in [0.05, 0.1) is 26.9 Å². The monoisotopic (exact) mass is 353 g/mol. The van der Waals surface area contributed by atoms with E-state index in [-0.39, 0.29) is 24.8 Å². The highest BCUT2D eigenvalue weighted by atomic mass is 19.4. The number of esters is 1. The molecule has 1 heterocycles. The van der Waals surface area contributed by atoms with Gasteiger partial charge in [-0.25, -0.2) is 9.59 Å². The van der Waals surface area contributed by atoms with Crippen molar-refractivity contribution in [2.24, 2.45) is 5.92 Å². The molecule has 0 aromatic carbocycles. The van der Waals surface area contributed by atoms with Crippen LogP contribution in [0.2, 0.25) is 0 Å². The van der Waals surface area contributed by atoms with E-state index in [9.17, 15) is 22.8 Å². The Kier molecular flexibility index (Phi) is 6.73. The molecule has 24 heavy (non-hydrogen) atoms. The van der Waals surface area contributed by atoms with Gasteiger partial charge in [-0.05, 0) is 5.92 Å². The number of amides is 1. The summed E-state index contributed by atoms with van der Waals surface area (Å²) in [5.41, 5.74) is 0.0130. The van der Waals surface area contributed by atoms with Crippen molar-refractivity contribution in [1.82, 2.24) is 15.1 Å². The molecule has 1 N–H and O–H groups in total. The first-order chi connectivity index (χ1) is 11.1. The van der Waals surface area contributed by atoms with E-state index in [1.165, 1.54) is 12.0 Å². The maximum atomic E-state index is 12.6. The minimum Gasteiger partial charge on any atom is -0.464 e. The van der Waals surface area contributed by atoms with E-state index in [0.717, 1.165) is 18.2 Å². The lowest BCUT2D eigenvalue weighted by Gasteiger charge is -2.30. The summed E-state index contributed by atoms with van der Waals surface area (Å²) in [5, 5.41) is 2.61. The van der Waals surface area contributed by atoms with E-state index in [1.54, 1.807) is 0 Å². The number of alkyl carbamates (subject to hydrolysis) is 1. The summed E-state index contributed by atoms with van der Waals surface area (Å²) in [6.07, 6.45) is -3.92. The molecule has 0 saturated carbocycles. The third-order valence-electron chi connectivity index (χ3n) is 3.49. The molecule has 0 saturated heterocycles. The zero-order chi connectivity index (χ0) is 18.5. The molecule has 1 amide bonds. The molecule has 1 unspecified atom stereocenters. The molecule has 0 fully saturated rings. The molecule has 0 aromatic rings. The summed E-state index contributed by atoms with van der Waals surface area (Å²) in [7, 11) is 2.37. The van der Waals surface area contributed by atoms with Crippen LogP contribution < -0.4 is 5.32 Å². The van der Waals surface area contributed by atoms with Crippen LogP contribution >= 0.6 is 0 Å². The average molecular weight is 353 g/mol. The Balaban J connectivity index is 2.88. The Bertz CT molecular complexity index is 494. The third-order valence-corrected chi connectivity index (χ3v) is 3.49. The Hall–Kier alpha value is -2.13. The van der Waals surface area contributed by atoms with Crippen LogP contribution in [0.15, 0.2) is 11.9 Å². The molecule has 1 rings (SSSR count).